The van der Waals surface area contributed by atoms with Crippen molar-refractivity contribution in [2.45, 2.75) is 19.9 Å². The van der Waals surface area contributed by atoms with Crippen LogP contribution in [0.1, 0.15) is 29.9 Å². The summed E-state index contributed by atoms with van der Waals surface area (Å²) in [4.78, 5) is 17.2. The molecular formula is C21H20N8O. The molecule has 4 N–H and O–H groups in total. The zero-order chi connectivity index (χ0) is 21.4. The van der Waals surface area contributed by atoms with E-state index in [0.717, 1.165) is 27.9 Å². The van der Waals surface area contributed by atoms with Gasteiger partial charge in [-0.25, -0.2) is 9.97 Å². The Bertz CT molecular complexity index is 1300. The Morgan fingerprint density at radius 1 is 1.23 bits per heavy atom. The first-order valence-electron chi connectivity index (χ1n) is 9.28. The molecule has 4 rings (SSSR count). The van der Waals surface area contributed by atoms with Crippen molar-refractivity contribution in [2.75, 3.05) is 11.1 Å². The number of hydrogen-bond donors (Lipinski definition) is 3. The topological polar surface area (TPSA) is 139 Å². The quantitative estimate of drug-likeness (QED) is 0.475. The third-order valence-corrected chi connectivity index (χ3v) is 4.91. The summed E-state index contributed by atoms with van der Waals surface area (Å²) in [5.74, 6) is 0.507. The van der Waals surface area contributed by atoms with E-state index in [-0.39, 0.29) is 17.7 Å². The Kier molecular flexibility index (Phi) is 4.68. The smallest absolute Gasteiger partial charge is 0.222 e. The zero-order valence-electron chi connectivity index (χ0n) is 16.7. The molecule has 0 aromatic carbocycles. The molecule has 0 unspecified atom stereocenters. The number of fused-ring (bicyclic) bond motifs is 1. The van der Waals surface area contributed by atoms with Gasteiger partial charge >= 0.3 is 0 Å². The van der Waals surface area contributed by atoms with Crippen LogP contribution >= 0.6 is 0 Å². The molecule has 0 saturated carbocycles. The predicted molar refractivity (Wildman–Crippen MR) is 114 cm³/mol. The number of nitrogens with two attached hydrogens (primary N) is 1. The van der Waals surface area contributed by atoms with Crippen LogP contribution in [-0.4, -0.2) is 29.6 Å². The van der Waals surface area contributed by atoms with Crippen LogP contribution < -0.4 is 11.1 Å². The van der Waals surface area contributed by atoms with Gasteiger partial charge in [-0.05, 0) is 32.0 Å². The SMILES string of the molecule is Cc1nc(N)nc(N[C@@H](C)c2nc3ccn(C)c3cc2-c2cncc(O)c2)c1C#N. The maximum Gasteiger partial charge on any atom is 0.222 e. The van der Waals surface area contributed by atoms with Gasteiger partial charge in [0.1, 0.15) is 23.2 Å². The molecule has 0 aliphatic carbocycles. The van der Waals surface area contributed by atoms with E-state index < -0.39 is 0 Å². The van der Waals surface area contributed by atoms with Gasteiger partial charge in [0.05, 0.1) is 34.7 Å². The third-order valence-electron chi connectivity index (χ3n) is 4.91. The molecule has 150 valence electrons. The van der Waals surface area contributed by atoms with E-state index in [1.165, 1.54) is 6.20 Å². The second-order valence-corrected chi connectivity index (χ2v) is 7.05. The number of aryl methyl sites for hydroxylation is 2. The van der Waals surface area contributed by atoms with Crippen LogP contribution in [0.3, 0.4) is 0 Å². The zero-order valence-corrected chi connectivity index (χ0v) is 16.7. The van der Waals surface area contributed by atoms with Gasteiger partial charge in [0.2, 0.25) is 5.95 Å². The Labute approximate surface area is 172 Å². The highest BCUT2D eigenvalue weighted by atomic mass is 16.3. The van der Waals surface area contributed by atoms with Crippen LogP contribution in [0, 0.1) is 18.3 Å². The van der Waals surface area contributed by atoms with Crippen LogP contribution in [0.5, 0.6) is 5.75 Å². The van der Waals surface area contributed by atoms with Gasteiger partial charge in [0.25, 0.3) is 0 Å². The molecule has 1 atom stereocenters. The lowest BCUT2D eigenvalue weighted by Gasteiger charge is -2.19. The summed E-state index contributed by atoms with van der Waals surface area (Å²) < 4.78 is 1.98. The monoisotopic (exact) mass is 400 g/mol. The molecule has 9 nitrogen and oxygen atoms in total. The highest BCUT2D eigenvalue weighted by Gasteiger charge is 2.20. The first kappa shape index (κ1) is 19.1. The van der Waals surface area contributed by atoms with Gasteiger partial charge in [-0.15, -0.1) is 0 Å². The number of pyridine rings is 2. The summed E-state index contributed by atoms with van der Waals surface area (Å²) in [5.41, 5.74) is 10.7. The van der Waals surface area contributed by atoms with Crippen molar-refractivity contribution in [3.05, 3.63) is 53.7 Å². The molecule has 0 spiro atoms. The van der Waals surface area contributed by atoms with Crippen molar-refractivity contribution >= 4 is 22.8 Å². The summed E-state index contributed by atoms with van der Waals surface area (Å²) in [7, 11) is 1.95. The number of anilines is 2. The van der Waals surface area contributed by atoms with Crippen molar-refractivity contribution in [2.24, 2.45) is 7.05 Å². The lowest BCUT2D eigenvalue weighted by atomic mass is 10.0. The fraction of sp³-hybridized carbons (Fsp3) is 0.190. The molecule has 4 aromatic rings. The molecule has 0 amide bonds. The highest BCUT2D eigenvalue weighted by molar-refractivity contribution is 5.83. The minimum absolute atomic E-state index is 0.0667. The fourth-order valence-corrected chi connectivity index (χ4v) is 3.44. The average molecular weight is 400 g/mol. The van der Waals surface area contributed by atoms with Crippen molar-refractivity contribution in [1.82, 2.24) is 24.5 Å². The number of hydrogen-bond acceptors (Lipinski definition) is 8. The Morgan fingerprint density at radius 3 is 2.77 bits per heavy atom. The molecule has 0 bridgehead atoms. The van der Waals surface area contributed by atoms with Crippen LogP contribution in [0.15, 0.2) is 36.8 Å². The van der Waals surface area contributed by atoms with Crippen LogP contribution in [-0.2, 0) is 7.05 Å². The minimum Gasteiger partial charge on any atom is -0.506 e. The van der Waals surface area contributed by atoms with E-state index in [2.05, 4.69) is 26.3 Å². The normalized spacial score (nSPS) is 11.9. The molecule has 9 heteroatoms. The lowest BCUT2D eigenvalue weighted by Crippen LogP contribution is -2.14. The van der Waals surface area contributed by atoms with Crippen molar-refractivity contribution in [3.8, 4) is 22.9 Å². The number of nitrogens with zero attached hydrogens (tertiary/aromatic N) is 6. The Morgan fingerprint density at radius 2 is 2.03 bits per heavy atom. The summed E-state index contributed by atoms with van der Waals surface area (Å²) in [6, 6.07) is 7.39. The largest absolute Gasteiger partial charge is 0.506 e. The number of aromatic nitrogens is 5. The maximum atomic E-state index is 9.93. The predicted octanol–water partition coefficient (Wildman–Crippen LogP) is 3.07. The summed E-state index contributed by atoms with van der Waals surface area (Å²) in [6.07, 6.45) is 4.99. The second kappa shape index (κ2) is 7.33. The van der Waals surface area contributed by atoms with Crippen LogP contribution in [0.4, 0.5) is 11.8 Å². The van der Waals surface area contributed by atoms with E-state index in [0.29, 0.717) is 17.1 Å². The van der Waals surface area contributed by atoms with E-state index >= 15 is 0 Å². The molecule has 4 heterocycles. The molecule has 4 aromatic heterocycles. The Hall–Kier alpha value is -4.19. The molecule has 0 radical (unpaired) electrons. The fourth-order valence-electron chi connectivity index (χ4n) is 3.44. The van der Waals surface area contributed by atoms with E-state index in [4.69, 9.17) is 10.7 Å². The number of nitrogens with one attached hydrogen (secondary N) is 1. The van der Waals surface area contributed by atoms with Crippen molar-refractivity contribution < 1.29 is 5.11 Å². The first-order chi connectivity index (χ1) is 14.4. The van der Waals surface area contributed by atoms with Gasteiger partial charge in [0, 0.05) is 30.6 Å². The lowest BCUT2D eigenvalue weighted by molar-refractivity contribution is 0.473. The summed E-state index contributed by atoms with van der Waals surface area (Å²) in [6.45, 7) is 3.64. The third kappa shape index (κ3) is 3.35. The number of nitrogen functional groups attached to an aromatic ring is 1. The number of rotatable bonds is 4. The molecule has 30 heavy (non-hydrogen) atoms. The molecule has 0 aliphatic heterocycles. The van der Waals surface area contributed by atoms with E-state index in [1.807, 2.05) is 36.9 Å². The first-order valence-corrected chi connectivity index (χ1v) is 9.28. The van der Waals surface area contributed by atoms with Crippen LogP contribution in [0.2, 0.25) is 0 Å². The molecular weight excluding hydrogens is 380 g/mol. The maximum absolute atomic E-state index is 9.93. The molecule has 0 saturated heterocycles. The standard InChI is InChI=1S/C21H20N8O/c1-11-16(8-22)20(28-21(23)26-11)25-12(2)19-15(13-6-14(30)10-24-9-13)7-18-17(27-19)4-5-29(18)3/h4-7,9-10,12,30H,1-3H3,(H3,23,25,26,28)/t12-/m0/s1. The van der Waals surface area contributed by atoms with Crippen LogP contribution in [0.25, 0.3) is 22.2 Å². The van der Waals surface area contributed by atoms with Gasteiger partial charge in [0.15, 0.2) is 0 Å². The van der Waals surface area contributed by atoms with Crippen molar-refractivity contribution in [1.29, 1.82) is 5.26 Å². The number of aromatic hydroxyl groups is 1. The number of nitriles is 1. The van der Waals surface area contributed by atoms with Gasteiger partial charge in [-0.3, -0.25) is 4.98 Å². The minimum atomic E-state index is -0.326. The summed E-state index contributed by atoms with van der Waals surface area (Å²) in [5, 5.41) is 22.7. The van der Waals surface area contributed by atoms with E-state index in [9.17, 15) is 10.4 Å². The molecule has 0 aliphatic rings. The summed E-state index contributed by atoms with van der Waals surface area (Å²) >= 11 is 0. The highest BCUT2D eigenvalue weighted by Crippen LogP contribution is 2.33. The molecule has 0 fully saturated rings. The Balaban J connectivity index is 1.86. The van der Waals surface area contributed by atoms with Gasteiger partial charge < -0.3 is 20.7 Å². The van der Waals surface area contributed by atoms with E-state index in [1.54, 1.807) is 19.2 Å². The van der Waals surface area contributed by atoms with Gasteiger partial charge in [-0.2, -0.15) is 10.2 Å². The second-order valence-electron chi connectivity index (χ2n) is 7.05. The van der Waals surface area contributed by atoms with Gasteiger partial charge in [-0.1, -0.05) is 0 Å². The van der Waals surface area contributed by atoms with Crippen molar-refractivity contribution in [3.63, 3.8) is 0 Å². The average Bonchev–Trinajstić information content (AvgIpc) is 3.07.